The van der Waals surface area contributed by atoms with E-state index in [4.69, 9.17) is 0 Å². The maximum Gasteiger partial charge on any atom is 0.139 e. The lowest BCUT2D eigenvalue weighted by atomic mass is 9.57. The number of rotatable bonds is 2. The predicted octanol–water partition coefficient (Wildman–Crippen LogP) is 3.71. The van der Waals surface area contributed by atoms with Crippen LogP contribution in [0.25, 0.3) is 0 Å². The lowest BCUT2D eigenvalue weighted by Gasteiger charge is -2.48. The molecule has 2 N–H and O–H groups in total. The van der Waals surface area contributed by atoms with Gasteiger partial charge in [0.1, 0.15) is 5.78 Å². The summed E-state index contributed by atoms with van der Waals surface area (Å²) >= 11 is 0. The van der Waals surface area contributed by atoms with Gasteiger partial charge in [0.25, 0.3) is 0 Å². The van der Waals surface area contributed by atoms with Crippen LogP contribution in [0.15, 0.2) is 0 Å². The first-order chi connectivity index (χ1) is 11.7. The average Bonchev–Trinajstić information content (AvgIpc) is 2.61. The fraction of sp³-hybridized carbons (Fsp3) is 0.952. The van der Waals surface area contributed by atoms with Crippen molar-refractivity contribution in [1.29, 1.82) is 0 Å². The molecule has 0 heterocycles. The average molecular weight is 335 g/mol. The normalized spacial score (nSPS) is 49.1. The molecular weight excluding hydrogens is 300 g/mol. The number of ketones is 1. The van der Waals surface area contributed by atoms with Gasteiger partial charge in [0.05, 0.1) is 12.2 Å². The molecule has 3 nitrogen and oxygen atoms in total. The highest BCUT2D eigenvalue weighted by Gasteiger charge is 2.49. The van der Waals surface area contributed by atoms with Gasteiger partial charge in [-0.05, 0) is 62.2 Å². The van der Waals surface area contributed by atoms with Crippen molar-refractivity contribution in [3.05, 3.63) is 0 Å². The minimum absolute atomic E-state index is 0.0666. The summed E-state index contributed by atoms with van der Waals surface area (Å²) < 4.78 is 0. The second-order valence-corrected chi connectivity index (χ2v) is 9.15. The summed E-state index contributed by atoms with van der Waals surface area (Å²) in [5.74, 6) is 2.09. The van der Waals surface area contributed by atoms with Crippen LogP contribution < -0.4 is 0 Å². The second-order valence-electron chi connectivity index (χ2n) is 9.15. The van der Waals surface area contributed by atoms with Crippen molar-refractivity contribution >= 4 is 5.78 Å². The van der Waals surface area contributed by atoms with E-state index in [1.165, 1.54) is 25.7 Å². The van der Waals surface area contributed by atoms with Crippen LogP contribution in [0.3, 0.4) is 0 Å². The molecule has 3 heteroatoms. The van der Waals surface area contributed by atoms with Crippen LogP contribution in [0.2, 0.25) is 0 Å². The molecule has 0 bridgehead atoms. The Bertz CT molecular complexity index is 418. The zero-order chi connectivity index (χ0) is 16.7. The molecule has 8 unspecified atom stereocenters. The molecule has 4 saturated carbocycles. The van der Waals surface area contributed by atoms with Crippen LogP contribution in [0.4, 0.5) is 0 Å². The molecular formula is C21H34O3. The Morgan fingerprint density at radius 3 is 1.38 bits per heavy atom. The summed E-state index contributed by atoms with van der Waals surface area (Å²) in [7, 11) is 0. The van der Waals surface area contributed by atoms with Crippen molar-refractivity contribution in [2.75, 3.05) is 0 Å². The van der Waals surface area contributed by atoms with Crippen molar-refractivity contribution in [2.24, 2.45) is 35.5 Å². The Balaban J connectivity index is 1.55. The second kappa shape index (κ2) is 7.07. The van der Waals surface area contributed by atoms with Crippen molar-refractivity contribution in [3.63, 3.8) is 0 Å². The summed E-state index contributed by atoms with van der Waals surface area (Å²) in [5.41, 5.74) is 0. The first kappa shape index (κ1) is 17.0. The van der Waals surface area contributed by atoms with Gasteiger partial charge in [-0.1, -0.05) is 38.5 Å². The van der Waals surface area contributed by atoms with Gasteiger partial charge in [0.15, 0.2) is 0 Å². The highest BCUT2D eigenvalue weighted by atomic mass is 16.3. The van der Waals surface area contributed by atoms with E-state index in [2.05, 4.69) is 0 Å². The van der Waals surface area contributed by atoms with Crippen LogP contribution in [0, 0.1) is 35.5 Å². The topological polar surface area (TPSA) is 57.5 Å². The molecule has 0 aromatic heterocycles. The van der Waals surface area contributed by atoms with E-state index in [1.807, 2.05) is 0 Å². The van der Waals surface area contributed by atoms with Gasteiger partial charge in [0, 0.05) is 11.8 Å². The first-order valence-corrected chi connectivity index (χ1v) is 10.6. The lowest BCUT2D eigenvalue weighted by Crippen LogP contribution is -2.49. The Morgan fingerprint density at radius 2 is 0.958 bits per heavy atom. The van der Waals surface area contributed by atoms with Crippen molar-refractivity contribution in [2.45, 2.75) is 89.3 Å². The van der Waals surface area contributed by atoms with E-state index < -0.39 is 0 Å². The minimum atomic E-state index is -0.270. The predicted molar refractivity (Wildman–Crippen MR) is 93.4 cm³/mol. The molecule has 0 saturated heterocycles. The molecule has 136 valence electrons. The van der Waals surface area contributed by atoms with Crippen LogP contribution >= 0.6 is 0 Å². The molecule has 24 heavy (non-hydrogen) atoms. The van der Waals surface area contributed by atoms with Gasteiger partial charge in [-0.15, -0.1) is 0 Å². The highest BCUT2D eigenvalue weighted by molar-refractivity contribution is 5.84. The molecule has 8 atom stereocenters. The van der Waals surface area contributed by atoms with E-state index in [1.54, 1.807) is 0 Å². The Labute approximate surface area is 146 Å². The van der Waals surface area contributed by atoms with Gasteiger partial charge in [-0.2, -0.15) is 0 Å². The molecule has 0 aromatic carbocycles. The number of Topliss-reactive ketones (excluding diaryl/α,β-unsaturated/α-hetero) is 1. The molecule has 0 radical (unpaired) electrons. The highest BCUT2D eigenvalue weighted by Crippen LogP contribution is 2.49. The number of carbonyl (C=O) groups is 1. The van der Waals surface area contributed by atoms with E-state index in [0.717, 1.165) is 51.4 Å². The smallest absolute Gasteiger partial charge is 0.139 e. The Hall–Kier alpha value is -0.410. The van der Waals surface area contributed by atoms with Gasteiger partial charge >= 0.3 is 0 Å². The number of fused-ring (bicyclic) bond motifs is 2. The van der Waals surface area contributed by atoms with Gasteiger partial charge in [-0.25, -0.2) is 0 Å². The molecule has 4 aliphatic rings. The van der Waals surface area contributed by atoms with Crippen LogP contribution in [-0.4, -0.2) is 28.2 Å². The first-order valence-electron chi connectivity index (χ1n) is 10.6. The van der Waals surface area contributed by atoms with E-state index >= 15 is 0 Å². The van der Waals surface area contributed by atoms with Gasteiger partial charge in [0.2, 0.25) is 0 Å². The third-order valence-electron chi connectivity index (χ3n) is 7.97. The summed E-state index contributed by atoms with van der Waals surface area (Å²) in [6.07, 6.45) is 12.5. The van der Waals surface area contributed by atoms with Crippen LogP contribution in [-0.2, 0) is 4.79 Å². The molecule has 4 fully saturated rings. The number of aliphatic hydroxyl groups is 2. The third kappa shape index (κ3) is 2.96. The van der Waals surface area contributed by atoms with Crippen molar-refractivity contribution in [1.82, 2.24) is 0 Å². The SMILES string of the molecule is O=C(C1CCCC2CCCC(O)C21)C1CCCC2CCCC(O)C21. The number of hydrogen-bond acceptors (Lipinski definition) is 3. The van der Waals surface area contributed by atoms with Crippen LogP contribution in [0.1, 0.15) is 77.0 Å². The van der Waals surface area contributed by atoms with Crippen molar-refractivity contribution < 1.29 is 15.0 Å². The third-order valence-corrected chi connectivity index (χ3v) is 7.97. The van der Waals surface area contributed by atoms with E-state index in [-0.39, 0.29) is 35.9 Å². The standard InChI is InChI=1S/C21H34O3/c22-17-11-3-7-13-5-1-9-15(19(13)17)21(24)16-10-2-6-14-8-4-12-18(23)20(14)16/h13-20,22-23H,1-12H2. The molecule has 4 rings (SSSR count). The number of hydrogen-bond donors (Lipinski definition) is 2. The molecule has 0 spiro atoms. The lowest BCUT2D eigenvalue weighted by molar-refractivity contribution is -0.144. The summed E-state index contributed by atoms with van der Waals surface area (Å²) in [4.78, 5) is 13.5. The van der Waals surface area contributed by atoms with Crippen LogP contribution in [0.5, 0.6) is 0 Å². The Kier molecular flexibility index (Phi) is 5.02. The van der Waals surface area contributed by atoms with Gasteiger partial charge < -0.3 is 10.2 Å². The maximum absolute atomic E-state index is 13.5. The minimum Gasteiger partial charge on any atom is -0.393 e. The van der Waals surface area contributed by atoms with Gasteiger partial charge in [-0.3, -0.25) is 4.79 Å². The monoisotopic (exact) mass is 334 g/mol. The quantitative estimate of drug-likeness (QED) is 0.809. The Morgan fingerprint density at radius 1 is 0.583 bits per heavy atom. The molecule has 0 aliphatic heterocycles. The zero-order valence-corrected chi connectivity index (χ0v) is 14.9. The number of aliphatic hydroxyl groups excluding tert-OH is 2. The fourth-order valence-electron chi connectivity index (χ4n) is 6.97. The summed E-state index contributed by atoms with van der Waals surface area (Å²) in [6.45, 7) is 0. The summed E-state index contributed by atoms with van der Waals surface area (Å²) in [6, 6.07) is 0. The summed E-state index contributed by atoms with van der Waals surface area (Å²) in [5, 5.41) is 21.2. The maximum atomic E-state index is 13.5. The van der Waals surface area contributed by atoms with Crippen molar-refractivity contribution in [3.8, 4) is 0 Å². The fourth-order valence-corrected chi connectivity index (χ4v) is 6.97. The van der Waals surface area contributed by atoms with E-state index in [9.17, 15) is 15.0 Å². The molecule has 0 amide bonds. The largest absolute Gasteiger partial charge is 0.393 e. The molecule has 4 aliphatic carbocycles. The number of carbonyl (C=O) groups excluding carboxylic acids is 1. The molecule has 0 aromatic rings. The zero-order valence-electron chi connectivity index (χ0n) is 14.9. The van der Waals surface area contributed by atoms with E-state index in [0.29, 0.717) is 17.6 Å².